The summed E-state index contributed by atoms with van der Waals surface area (Å²) in [7, 11) is 5.86. The summed E-state index contributed by atoms with van der Waals surface area (Å²) in [6.45, 7) is 0. The Balaban J connectivity index is 0.000000527. The molecule has 2 aromatic rings. The van der Waals surface area contributed by atoms with Gasteiger partial charge in [-0.05, 0) is 0 Å². The summed E-state index contributed by atoms with van der Waals surface area (Å²) in [6.07, 6.45) is 1.36. The lowest BCUT2D eigenvalue weighted by Crippen LogP contribution is -1.95. The molecule has 0 aliphatic carbocycles. The van der Waals surface area contributed by atoms with Crippen molar-refractivity contribution >= 4 is 63.9 Å². The standard InChI is InChI=1S/C9H7Cl2NO3.C8H9Cl2NO2.CH4/c1-14-5-3-6(15-2)8(11)9(7(5)10)12-4-13;1-12-4-3-5(13-2)7(10)8(11)6(4)9;/h3H,1-2H3;3H,11H2,1-2H3;1H4. The maximum atomic E-state index is 10.2. The van der Waals surface area contributed by atoms with E-state index in [-0.39, 0.29) is 28.8 Å². The van der Waals surface area contributed by atoms with Crippen LogP contribution in [0.3, 0.4) is 0 Å². The van der Waals surface area contributed by atoms with Gasteiger partial charge in [-0.3, -0.25) is 0 Å². The molecule has 2 aromatic carbocycles. The molecular formula is C18H20Cl4N2O5. The van der Waals surface area contributed by atoms with Gasteiger partial charge in [-0.2, -0.15) is 4.99 Å². The van der Waals surface area contributed by atoms with Crippen molar-refractivity contribution in [1.29, 1.82) is 0 Å². The highest BCUT2D eigenvalue weighted by Crippen LogP contribution is 2.45. The molecule has 0 fully saturated rings. The third-order valence-corrected chi connectivity index (χ3v) is 4.83. The fraction of sp³-hybridized carbons (Fsp3) is 0.278. The Morgan fingerprint density at radius 3 is 1.34 bits per heavy atom. The van der Waals surface area contributed by atoms with Crippen molar-refractivity contribution in [2.45, 2.75) is 7.43 Å². The van der Waals surface area contributed by atoms with Crippen LogP contribution in [0.5, 0.6) is 23.0 Å². The third-order valence-electron chi connectivity index (χ3n) is 3.32. The second kappa shape index (κ2) is 12.5. The van der Waals surface area contributed by atoms with Crippen LogP contribution in [0.25, 0.3) is 0 Å². The molecule has 0 heterocycles. The number of isocyanates is 1. The van der Waals surface area contributed by atoms with Crippen LogP contribution in [-0.4, -0.2) is 34.5 Å². The predicted molar refractivity (Wildman–Crippen MR) is 118 cm³/mol. The quantitative estimate of drug-likeness (QED) is 0.307. The highest BCUT2D eigenvalue weighted by molar-refractivity contribution is 6.41. The molecule has 0 bridgehead atoms. The molecule has 160 valence electrons. The average molecular weight is 486 g/mol. The van der Waals surface area contributed by atoms with Crippen molar-refractivity contribution in [3.63, 3.8) is 0 Å². The van der Waals surface area contributed by atoms with Crippen molar-refractivity contribution in [3.05, 3.63) is 32.2 Å². The van der Waals surface area contributed by atoms with Crippen molar-refractivity contribution in [2.24, 2.45) is 4.99 Å². The molecule has 7 nitrogen and oxygen atoms in total. The smallest absolute Gasteiger partial charge is 0.240 e. The minimum atomic E-state index is 0. The van der Waals surface area contributed by atoms with Crippen LogP contribution in [0.4, 0.5) is 11.4 Å². The van der Waals surface area contributed by atoms with Crippen molar-refractivity contribution in [2.75, 3.05) is 34.2 Å². The first-order valence-electron chi connectivity index (χ1n) is 7.30. The van der Waals surface area contributed by atoms with Gasteiger partial charge in [-0.25, -0.2) is 4.79 Å². The largest absolute Gasteiger partial charge is 0.495 e. The van der Waals surface area contributed by atoms with Crippen molar-refractivity contribution < 1.29 is 23.7 Å². The first kappa shape index (κ1) is 27.0. The zero-order chi connectivity index (χ0) is 21.4. The molecule has 0 radical (unpaired) electrons. The second-order valence-corrected chi connectivity index (χ2v) is 6.30. The molecule has 0 amide bonds. The summed E-state index contributed by atoms with van der Waals surface area (Å²) in [5.41, 5.74) is 5.96. The number of rotatable bonds is 5. The van der Waals surface area contributed by atoms with E-state index in [1.165, 1.54) is 40.6 Å². The Morgan fingerprint density at radius 2 is 1.07 bits per heavy atom. The first-order valence-corrected chi connectivity index (χ1v) is 8.81. The van der Waals surface area contributed by atoms with E-state index in [4.69, 9.17) is 71.1 Å². The van der Waals surface area contributed by atoms with Crippen LogP contribution in [0.15, 0.2) is 17.1 Å². The molecule has 0 aliphatic heterocycles. The summed E-state index contributed by atoms with van der Waals surface area (Å²) in [6, 6.07) is 3.09. The number of hydrogen-bond donors (Lipinski definition) is 1. The van der Waals surface area contributed by atoms with Gasteiger partial charge in [0.15, 0.2) is 0 Å². The monoisotopic (exact) mass is 484 g/mol. The molecule has 0 spiro atoms. The van der Waals surface area contributed by atoms with Gasteiger partial charge in [0.1, 0.15) is 48.8 Å². The van der Waals surface area contributed by atoms with Crippen LogP contribution < -0.4 is 24.7 Å². The van der Waals surface area contributed by atoms with Crippen molar-refractivity contribution in [3.8, 4) is 23.0 Å². The van der Waals surface area contributed by atoms with E-state index in [0.29, 0.717) is 33.0 Å². The van der Waals surface area contributed by atoms with Crippen molar-refractivity contribution in [1.82, 2.24) is 0 Å². The van der Waals surface area contributed by atoms with Crippen LogP contribution in [0.1, 0.15) is 7.43 Å². The van der Waals surface area contributed by atoms with E-state index in [1.54, 1.807) is 6.07 Å². The fourth-order valence-electron chi connectivity index (χ4n) is 1.92. The number of methoxy groups -OCH3 is 4. The minimum absolute atomic E-state index is 0. The summed E-state index contributed by atoms with van der Waals surface area (Å²) in [4.78, 5) is 13.6. The summed E-state index contributed by atoms with van der Waals surface area (Å²) in [5.74, 6) is 1.54. The lowest BCUT2D eigenvalue weighted by atomic mass is 10.2. The van der Waals surface area contributed by atoms with Gasteiger partial charge in [-0.15, -0.1) is 0 Å². The van der Waals surface area contributed by atoms with E-state index in [1.807, 2.05) is 0 Å². The molecule has 2 rings (SSSR count). The number of benzene rings is 2. The average Bonchev–Trinajstić information content (AvgIpc) is 2.70. The van der Waals surface area contributed by atoms with Crippen LogP contribution in [0, 0.1) is 0 Å². The Kier molecular flexibility index (Phi) is 11.7. The Hall–Kier alpha value is -2.02. The maximum Gasteiger partial charge on any atom is 0.240 e. The number of ether oxygens (including phenoxy) is 4. The van der Waals surface area contributed by atoms with E-state index in [0.717, 1.165) is 0 Å². The number of halogens is 4. The number of aliphatic imine (C=N–C) groups is 1. The molecule has 11 heteroatoms. The predicted octanol–water partition coefficient (Wildman–Crippen LogP) is 6.21. The summed E-state index contributed by atoms with van der Waals surface area (Å²) < 4.78 is 19.9. The van der Waals surface area contributed by atoms with E-state index >= 15 is 0 Å². The molecule has 0 atom stereocenters. The van der Waals surface area contributed by atoms with Gasteiger partial charge >= 0.3 is 0 Å². The number of anilines is 1. The SMILES string of the molecule is C.COc1cc(OC)c(Cl)c(N)c1Cl.COc1cc(OC)c(Cl)c(N=C=O)c1Cl. The molecule has 2 N–H and O–H groups in total. The van der Waals surface area contributed by atoms with Gasteiger partial charge in [0.25, 0.3) is 0 Å². The summed E-state index contributed by atoms with van der Waals surface area (Å²) >= 11 is 23.4. The maximum absolute atomic E-state index is 10.2. The normalized spacial score (nSPS) is 9.24. The fourth-order valence-corrected chi connectivity index (χ4v) is 3.01. The number of carbonyl (C=O) groups excluding carboxylic acids is 1. The molecule has 0 saturated carbocycles. The lowest BCUT2D eigenvalue weighted by Gasteiger charge is -2.10. The third kappa shape index (κ3) is 6.23. The number of nitrogens with zero attached hydrogens (tertiary/aromatic N) is 1. The number of hydrogen-bond acceptors (Lipinski definition) is 7. The summed E-state index contributed by atoms with van der Waals surface area (Å²) in [5, 5.41) is 0.889. The Labute approximate surface area is 189 Å². The number of nitrogens with two attached hydrogens (primary N) is 1. The van der Waals surface area contributed by atoms with Gasteiger partial charge in [-0.1, -0.05) is 53.8 Å². The van der Waals surface area contributed by atoms with Gasteiger partial charge < -0.3 is 24.7 Å². The van der Waals surface area contributed by atoms with E-state index in [9.17, 15) is 4.79 Å². The molecule has 0 aromatic heterocycles. The van der Waals surface area contributed by atoms with Crippen LogP contribution in [0.2, 0.25) is 20.1 Å². The molecule has 0 unspecified atom stereocenters. The highest BCUT2D eigenvalue weighted by Gasteiger charge is 2.16. The Bertz CT molecular complexity index is 846. The van der Waals surface area contributed by atoms with E-state index in [2.05, 4.69) is 4.99 Å². The molecular weight excluding hydrogens is 466 g/mol. The topological polar surface area (TPSA) is 92.4 Å². The zero-order valence-electron chi connectivity index (χ0n) is 15.2. The van der Waals surface area contributed by atoms with Crippen LogP contribution >= 0.6 is 46.4 Å². The van der Waals surface area contributed by atoms with E-state index < -0.39 is 0 Å². The van der Waals surface area contributed by atoms with Gasteiger partial charge in [0, 0.05) is 12.1 Å². The molecule has 29 heavy (non-hydrogen) atoms. The minimum Gasteiger partial charge on any atom is -0.495 e. The molecule has 0 saturated heterocycles. The van der Waals surface area contributed by atoms with Gasteiger partial charge in [0.05, 0.1) is 34.1 Å². The van der Waals surface area contributed by atoms with Gasteiger partial charge in [0.2, 0.25) is 6.08 Å². The Morgan fingerprint density at radius 1 is 0.759 bits per heavy atom. The lowest BCUT2D eigenvalue weighted by molar-refractivity contribution is 0.395. The first-order chi connectivity index (χ1) is 13.3. The molecule has 0 aliphatic rings. The zero-order valence-corrected chi connectivity index (χ0v) is 18.3. The highest BCUT2D eigenvalue weighted by atomic mass is 35.5. The van der Waals surface area contributed by atoms with Crippen LogP contribution in [-0.2, 0) is 4.79 Å². The number of nitrogen functional groups attached to an aromatic ring is 1. The second-order valence-electron chi connectivity index (χ2n) is 4.78.